The molecule has 11 heavy (non-hydrogen) atoms. The zero-order valence-electron chi connectivity index (χ0n) is 5.34. The van der Waals surface area contributed by atoms with Gasteiger partial charge in [-0.05, 0) is 0 Å². The Morgan fingerprint density at radius 2 is 1.91 bits per heavy atom. The van der Waals surface area contributed by atoms with E-state index in [9.17, 15) is 0 Å². The normalized spacial score (nSPS) is 9.64. The molecular formula is C7H4Cl2OSe. The van der Waals surface area contributed by atoms with E-state index in [1.165, 1.54) is 0 Å². The number of hydrogen-bond acceptors (Lipinski definition) is 1. The molecule has 0 saturated carbocycles. The average Bonchev–Trinajstić information content (AvgIpc) is 1.94. The molecule has 0 bridgehead atoms. The van der Waals surface area contributed by atoms with Gasteiger partial charge in [0.05, 0.1) is 0 Å². The molecule has 1 nitrogen and oxygen atoms in total. The summed E-state index contributed by atoms with van der Waals surface area (Å²) in [6, 6.07) is 4.91. The Bertz CT molecular complexity index is 298. The summed E-state index contributed by atoms with van der Waals surface area (Å²) >= 11 is 13.8. The molecule has 1 rings (SSSR count). The molecule has 0 unspecified atom stereocenters. The summed E-state index contributed by atoms with van der Waals surface area (Å²) in [4.78, 5) is 0. The molecule has 0 spiro atoms. The molecule has 0 radical (unpaired) electrons. The number of benzene rings is 1. The van der Waals surface area contributed by atoms with E-state index in [0.29, 0.717) is 15.6 Å². The van der Waals surface area contributed by atoms with Crippen molar-refractivity contribution >= 4 is 43.4 Å². The fourth-order valence-electron chi connectivity index (χ4n) is 0.629. The maximum absolute atomic E-state index is 9.00. The Hall–Kier alpha value is -0.0105. The fraction of sp³-hybridized carbons (Fsp3) is 0. The molecule has 0 aromatic heterocycles. The molecule has 0 aliphatic rings. The summed E-state index contributed by atoms with van der Waals surface area (Å²) in [6.45, 7) is 0. The van der Waals surface area contributed by atoms with Crippen LogP contribution in [0.3, 0.4) is 0 Å². The van der Waals surface area contributed by atoms with Crippen LogP contribution in [-0.4, -0.2) is 25.3 Å². The SMILES string of the molecule is OC(=[Se])c1ccc(Cl)c(Cl)c1. The molecule has 1 N–H and O–H groups in total. The predicted molar refractivity (Wildman–Crippen MR) is 48.3 cm³/mol. The van der Waals surface area contributed by atoms with Gasteiger partial charge in [0.15, 0.2) is 0 Å². The van der Waals surface area contributed by atoms with Crippen LogP contribution < -0.4 is 0 Å². The van der Waals surface area contributed by atoms with Crippen molar-refractivity contribution < 1.29 is 5.11 Å². The van der Waals surface area contributed by atoms with Gasteiger partial charge in [-0.1, -0.05) is 0 Å². The fourth-order valence-corrected chi connectivity index (χ4v) is 1.19. The molecule has 0 fully saturated rings. The minimum absolute atomic E-state index is 0.114. The number of halogens is 2. The molecule has 0 aliphatic heterocycles. The first-order valence-corrected chi connectivity index (χ1v) is 4.41. The van der Waals surface area contributed by atoms with Gasteiger partial charge >= 0.3 is 82.3 Å². The van der Waals surface area contributed by atoms with E-state index in [4.69, 9.17) is 28.3 Å². The first-order chi connectivity index (χ1) is 5.11. The third-order valence-corrected chi connectivity index (χ3v) is 2.40. The van der Waals surface area contributed by atoms with E-state index < -0.39 is 0 Å². The molecule has 58 valence electrons. The van der Waals surface area contributed by atoms with Crippen LogP contribution in [0.5, 0.6) is 0 Å². The Morgan fingerprint density at radius 1 is 1.27 bits per heavy atom. The monoisotopic (exact) mass is 254 g/mol. The van der Waals surface area contributed by atoms with E-state index in [2.05, 4.69) is 15.6 Å². The van der Waals surface area contributed by atoms with Crippen molar-refractivity contribution in [2.75, 3.05) is 0 Å². The Balaban J connectivity index is 3.15. The van der Waals surface area contributed by atoms with E-state index in [0.717, 1.165) is 0 Å². The summed E-state index contributed by atoms with van der Waals surface area (Å²) in [5.74, 6) is 0. The quantitative estimate of drug-likeness (QED) is 0.760. The molecule has 0 aliphatic carbocycles. The van der Waals surface area contributed by atoms with Crippen molar-refractivity contribution in [1.82, 2.24) is 0 Å². The average molecular weight is 254 g/mol. The van der Waals surface area contributed by atoms with Crippen LogP contribution in [0.2, 0.25) is 10.0 Å². The standard InChI is InChI=1S/C7H4Cl2OSe/c8-5-2-1-4(7(10)11)3-6(5)9/h1-3H,(H,10,11). The molecule has 4 heteroatoms. The zero-order valence-corrected chi connectivity index (χ0v) is 8.57. The Kier molecular flexibility index (Phi) is 2.97. The van der Waals surface area contributed by atoms with Crippen LogP contribution in [0, 0.1) is 0 Å². The van der Waals surface area contributed by atoms with Crippen molar-refractivity contribution in [3.8, 4) is 0 Å². The van der Waals surface area contributed by atoms with Crippen molar-refractivity contribution in [3.05, 3.63) is 33.8 Å². The first kappa shape index (κ1) is 9.08. The van der Waals surface area contributed by atoms with Gasteiger partial charge in [-0.25, -0.2) is 0 Å². The van der Waals surface area contributed by atoms with Gasteiger partial charge in [-0.3, -0.25) is 0 Å². The summed E-state index contributed by atoms with van der Waals surface area (Å²) in [5.41, 5.74) is 0.638. The van der Waals surface area contributed by atoms with Gasteiger partial charge in [0.25, 0.3) is 0 Å². The maximum atomic E-state index is 9.00. The van der Waals surface area contributed by atoms with Crippen LogP contribution in [0.15, 0.2) is 18.2 Å². The number of aliphatic hydroxyl groups is 1. The van der Waals surface area contributed by atoms with Gasteiger partial charge < -0.3 is 0 Å². The van der Waals surface area contributed by atoms with Crippen molar-refractivity contribution in [2.24, 2.45) is 0 Å². The van der Waals surface area contributed by atoms with Gasteiger partial charge in [0, 0.05) is 0 Å². The van der Waals surface area contributed by atoms with E-state index in [1.807, 2.05) is 0 Å². The third kappa shape index (κ3) is 2.21. The van der Waals surface area contributed by atoms with E-state index in [-0.39, 0.29) is 4.60 Å². The third-order valence-electron chi connectivity index (χ3n) is 1.17. The van der Waals surface area contributed by atoms with Crippen molar-refractivity contribution in [2.45, 2.75) is 0 Å². The first-order valence-electron chi connectivity index (χ1n) is 2.79. The number of hydrogen-bond donors (Lipinski definition) is 1. The second-order valence-corrected chi connectivity index (χ2v) is 3.56. The van der Waals surface area contributed by atoms with Crippen LogP contribution in [0.1, 0.15) is 5.56 Å². The van der Waals surface area contributed by atoms with Gasteiger partial charge in [-0.15, -0.1) is 0 Å². The molecule has 1 aromatic carbocycles. The summed E-state index contributed by atoms with van der Waals surface area (Å²) in [6.07, 6.45) is 0. The van der Waals surface area contributed by atoms with Crippen LogP contribution in [0.25, 0.3) is 0 Å². The molecule has 0 amide bonds. The predicted octanol–water partition coefficient (Wildman–Crippen LogP) is 2.01. The molecular weight excluding hydrogens is 250 g/mol. The van der Waals surface area contributed by atoms with Gasteiger partial charge in [-0.2, -0.15) is 0 Å². The Morgan fingerprint density at radius 3 is 2.36 bits per heavy atom. The zero-order chi connectivity index (χ0) is 8.43. The summed E-state index contributed by atoms with van der Waals surface area (Å²) in [7, 11) is 0. The Labute approximate surface area is 82.3 Å². The van der Waals surface area contributed by atoms with Crippen molar-refractivity contribution in [3.63, 3.8) is 0 Å². The van der Waals surface area contributed by atoms with Crippen LogP contribution in [0.4, 0.5) is 0 Å². The molecule has 1 aromatic rings. The van der Waals surface area contributed by atoms with Crippen LogP contribution >= 0.6 is 23.2 Å². The molecule has 0 heterocycles. The number of rotatable bonds is 1. The second kappa shape index (κ2) is 3.59. The molecule has 0 atom stereocenters. The summed E-state index contributed by atoms with van der Waals surface area (Å²) in [5, 5.41) is 9.92. The topological polar surface area (TPSA) is 20.2 Å². The van der Waals surface area contributed by atoms with E-state index in [1.54, 1.807) is 18.2 Å². The summed E-state index contributed by atoms with van der Waals surface area (Å²) < 4.78 is 0.114. The number of aliphatic hydroxyl groups excluding tert-OH is 1. The van der Waals surface area contributed by atoms with Crippen LogP contribution in [-0.2, 0) is 0 Å². The van der Waals surface area contributed by atoms with Gasteiger partial charge in [0.1, 0.15) is 0 Å². The van der Waals surface area contributed by atoms with Gasteiger partial charge in [0.2, 0.25) is 0 Å². The minimum atomic E-state index is 0.114. The van der Waals surface area contributed by atoms with E-state index >= 15 is 0 Å². The van der Waals surface area contributed by atoms with Crippen molar-refractivity contribution in [1.29, 1.82) is 0 Å². The molecule has 0 saturated heterocycles. The second-order valence-electron chi connectivity index (χ2n) is 1.93.